The van der Waals surface area contributed by atoms with Crippen LogP contribution in [0, 0.1) is 0 Å². The molecule has 20 heavy (non-hydrogen) atoms. The van der Waals surface area contributed by atoms with Crippen molar-refractivity contribution in [2.24, 2.45) is 0 Å². The van der Waals surface area contributed by atoms with E-state index in [0.29, 0.717) is 18.7 Å². The molecule has 1 heterocycles. The van der Waals surface area contributed by atoms with E-state index < -0.39 is 5.54 Å². The van der Waals surface area contributed by atoms with Gasteiger partial charge in [0.05, 0.1) is 0 Å². The van der Waals surface area contributed by atoms with Crippen LogP contribution in [0.5, 0.6) is 0 Å². The standard InChI is InChI=1S/C15H21N3O2/c1-15(2)14(20)17(4)9-10-18(15)13(19)11-5-7-12(16-3)8-6-11/h5-8,16H,9-10H2,1-4H3. The molecule has 0 aromatic heterocycles. The lowest BCUT2D eigenvalue weighted by molar-refractivity contribution is -0.144. The second kappa shape index (κ2) is 5.15. The molecule has 108 valence electrons. The second-order valence-electron chi connectivity index (χ2n) is 5.57. The van der Waals surface area contributed by atoms with Crippen molar-refractivity contribution in [3.8, 4) is 0 Å². The zero-order valence-electron chi connectivity index (χ0n) is 12.4. The Kier molecular flexibility index (Phi) is 3.70. The Bertz CT molecular complexity index is 522. The normalized spacial score (nSPS) is 18.1. The van der Waals surface area contributed by atoms with Gasteiger partial charge in [-0.05, 0) is 38.1 Å². The number of likely N-dealkylation sites (N-methyl/N-ethyl adjacent to an activating group) is 1. The van der Waals surface area contributed by atoms with Crippen LogP contribution in [0.4, 0.5) is 5.69 Å². The summed E-state index contributed by atoms with van der Waals surface area (Å²) in [6.45, 7) is 4.72. The van der Waals surface area contributed by atoms with Crippen LogP contribution in [0.1, 0.15) is 24.2 Å². The maximum Gasteiger partial charge on any atom is 0.254 e. The van der Waals surface area contributed by atoms with Gasteiger partial charge in [-0.25, -0.2) is 0 Å². The predicted molar refractivity (Wildman–Crippen MR) is 78.7 cm³/mol. The molecule has 1 aromatic rings. The highest BCUT2D eigenvalue weighted by molar-refractivity contribution is 5.99. The summed E-state index contributed by atoms with van der Waals surface area (Å²) in [5.41, 5.74) is 0.760. The summed E-state index contributed by atoms with van der Waals surface area (Å²) in [7, 11) is 3.60. The predicted octanol–water partition coefficient (Wildman–Crippen LogP) is 1.42. The Hall–Kier alpha value is -2.04. The summed E-state index contributed by atoms with van der Waals surface area (Å²) in [5, 5.41) is 3.02. The van der Waals surface area contributed by atoms with Gasteiger partial charge < -0.3 is 15.1 Å². The van der Waals surface area contributed by atoms with Crippen molar-refractivity contribution >= 4 is 17.5 Å². The zero-order chi connectivity index (χ0) is 14.9. The lowest BCUT2D eigenvalue weighted by Gasteiger charge is -2.44. The minimum absolute atomic E-state index is 0.0241. The van der Waals surface area contributed by atoms with Gasteiger partial charge in [-0.2, -0.15) is 0 Å². The van der Waals surface area contributed by atoms with E-state index in [-0.39, 0.29) is 11.8 Å². The van der Waals surface area contributed by atoms with Gasteiger partial charge in [-0.15, -0.1) is 0 Å². The van der Waals surface area contributed by atoms with Gasteiger partial charge in [-0.3, -0.25) is 9.59 Å². The summed E-state index contributed by atoms with van der Waals surface area (Å²) in [6.07, 6.45) is 0. The molecule has 0 aliphatic carbocycles. The van der Waals surface area contributed by atoms with Crippen molar-refractivity contribution in [3.63, 3.8) is 0 Å². The maximum absolute atomic E-state index is 12.6. The van der Waals surface area contributed by atoms with Gasteiger partial charge in [0.15, 0.2) is 0 Å². The fraction of sp³-hybridized carbons (Fsp3) is 0.467. The first-order valence-corrected chi connectivity index (χ1v) is 6.73. The SMILES string of the molecule is CNc1ccc(C(=O)N2CCN(C)C(=O)C2(C)C)cc1. The summed E-state index contributed by atoms with van der Waals surface area (Å²) < 4.78 is 0. The third-order valence-corrected chi connectivity index (χ3v) is 3.87. The number of hydrogen-bond acceptors (Lipinski definition) is 3. The van der Waals surface area contributed by atoms with E-state index in [1.807, 2.05) is 19.2 Å². The molecule has 5 nitrogen and oxygen atoms in total. The van der Waals surface area contributed by atoms with E-state index in [1.54, 1.807) is 42.8 Å². The molecule has 1 saturated heterocycles. The molecule has 2 rings (SSSR count). The molecule has 0 atom stereocenters. The van der Waals surface area contributed by atoms with Gasteiger partial charge >= 0.3 is 0 Å². The fourth-order valence-electron chi connectivity index (χ4n) is 2.50. The molecule has 1 aliphatic rings. The number of nitrogens with one attached hydrogen (secondary N) is 1. The number of benzene rings is 1. The summed E-state index contributed by atoms with van der Waals surface area (Å²) in [4.78, 5) is 28.1. The Morgan fingerprint density at radius 1 is 1.20 bits per heavy atom. The van der Waals surface area contributed by atoms with Gasteiger partial charge in [0.2, 0.25) is 5.91 Å². The van der Waals surface area contributed by atoms with Gasteiger partial charge in [0, 0.05) is 38.4 Å². The summed E-state index contributed by atoms with van der Waals surface area (Å²) in [5.74, 6) is -0.122. The van der Waals surface area contributed by atoms with Gasteiger partial charge in [0.25, 0.3) is 5.91 Å². The number of piperazine rings is 1. The number of carbonyl (C=O) groups excluding carboxylic acids is 2. The molecule has 1 N–H and O–H groups in total. The largest absolute Gasteiger partial charge is 0.388 e. The molecular weight excluding hydrogens is 254 g/mol. The first kappa shape index (κ1) is 14.4. The topological polar surface area (TPSA) is 52.7 Å². The Morgan fingerprint density at radius 3 is 2.35 bits per heavy atom. The van der Waals surface area contributed by atoms with Crippen molar-refractivity contribution in [3.05, 3.63) is 29.8 Å². The molecule has 0 spiro atoms. The number of amides is 2. The number of anilines is 1. The number of nitrogens with zero attached hydrogens (tertiary/aromatic N) is 2. The van der Waals surface area contributed by atoms with Crippen LogP contribution in [0.25, 0.3) is 0 Å². The smallest absolute Gasteiger partial charge is 0.254 e. The van der Waals surface area contributed by atoms with Crippen LogP contribution in [0.15, 0.2) is 24.3 Å². The molecular formula is C15H21N3O2. The van der Waals surface area contributed by atoms with Crippen LogP contribution >= 0.6 is 0 Å². The highest BCUT2D eigenvalue weighted by Crippen LogP contribution is 2.24. The van der Waals surface area contributed by atoms with Crippen molar-refractivity contribution in [1.82, 2.24) is 9.80 Å². The Morgan fingerprint density at radius 2 is 1.80 bits per heavy atom. The summed E-state index contributed by atoms with van der Waals surface area (Å²) >= 11 is 0. The molecule has 0 saturated carbocycles. The Balaban J connectivity index is 2.25. The quantitative estimate of drug-likeness (QED) is 0.888. The maximum atomic E-state index is 12.6. The van der Waals surface area contributed by atoms with E-state index in [0.717, 1.165) is 5.69 Å². The van der Waals surface area contributed by atoms with Crippen molar-refractivity contribution in [1.29, 1.82) is 0 Å². The van der Waals surface area contributed by atoms with Crippen LogP contribution < -0.4 is 5.32 Å². The van der Waals surface area contributed by atoms with Crippen molar-refractivity contribution in [2.45, 2.75) is 19.4 Å². The molecule has 1 aliphatic heterocycles. The first-order valence-electron chi connectivity index (χ1n) is 6.73. The second-order valence-corrected chi connectivity index (χ2v) is 5.57. The minimum Gasteiger partial charge on any atom is -0.388 e. The molecule has 1 fully saturated rings. The zero-order valence-corrected chi connectivity index (χ0v) is 12.4. The van der Waals surface area contributed by atoms with E-state index in [1.165, 1.54) is 0 Å². The summed E-state index contributed by atoms with van der Waals surface area (Å²) in [6, 6.07) is 7.29. The van der Waals surface area contributed by atoms with E-state index in [9.17, 15) is 9.59 Å². The van der Waals surface area contributed by atoms with Crippen LogP contribution in [0.2, 0.25) is 0 Å². The number of carbonyl (C=O) groups is 2. The number of rotatable bonds is 2. The molecule has 0 radical (unpaired) electrons. The molecule has 0 bridgehead atoms. The van der Waals surface area contributed by atoms with Crippen molar-refractivity contribution in [2.75, 3.05) is 32.5 Å². The first-order chi connectivity index (χ1) is 9.37. The van der Waals surface area contributed by atoms with E-state index >= 15 is 0 Å². The van der Waals surface area contributed by atoms with E-state index in [4.69, 9.17) is 0 Å². The lowest BCUT2D eigenvalue weighted by Crippen LogP contribution is -2.63. The van der Waals surface area contributed by atoms with Crippen LogP contribution in [-0.4, -0.2) is 54.3 Å². The van der Waals surface area contributed by atoms with Crippen LogP contribution in [-0.2, 0) is 4.79 Å². The highest BCUT2D eigenvalue weighted by atomic mass is 16.2. The monoisotopic (exact) mass is 275 g/mol. The highest BCUT2D eigenvalue weighted by Gasteiger charge is 2.43. The van der Waals surface area contributed by atoms with Gasteiger partial charge in [-0.1, -0.05) is 0 Å². The van der Waals surface area contributed by atoms with Gasteiger partial charge in [0.1, 0.15) is 5.54 Å². The molecule has 1 aromatic carbocycles. The Labute approximate surface area is 119 Å². The minimum atomic E-state index is -0.800. The third-order valence-electron chi connectivity index (χ3n) is 3.87. The average molecular weight is 275 g/mol. The average Bonchev–Trinajstić information content (AvgIpc) is 2.44. The molecule has 2 amide bonds. The van der Waals surface area contributed by atoms with Crippen LogP contribution in [0.3, 0.4) is 0 Å². The third kappa shape index (κ3) is 2.35. The fourth-order valence-corrected chi connectivity index (χ4v) is 2.50. The molecule has 5 heteroatoms. The van der Waals surface area contributed by atoms with Crippen molar-refractivity contribution < 1.29 is 9.59 Å². The molecule has 0 unspecified atom stereocenters. The lowest BCUT2D eigenvalue weighted by atomic mass is 9.96. The van der Waals surface area contributed by atoms with E-state index in [2.05, 4.69) is 5.32 Å². The number of hydrogen-bond donors (Lipinski definition) is 1.